The number of hydrogen-bond donors (Lipinski definition) is 0. The number of amides is 1. The molecule has 0 aliphatic carbocycles. The first-order valence-corrected chi connectivity index (χ1v) is 3.62. The minimum atomic E-state index is -0.114. The third kappa shape index (κ3) is 3.86. The second-order valence-electron chi connectivity index (χ2n) is 2.22. The fourth-order valence-corrected chi connectivity index (χ4v) is 0.768. The van der Waals surface area contributed by atoms with Crippen LogP contribution in [-0.4, -0.2) is 38.1 Å². The van der Waals surface area contributed by atoms with Crippen molar-refractivity contribution in [2.45, 2.75) is 0 Å². The average Bonchev–Trinajstić information content (AvgIpc) is 2.04. The standard InChI is InChI=1S/C8H12BN2O/c1-3-5-11(6-4-2)8(12)7-10-9/h3-4H,1-2,5-7H2. The minimum absolute atomic E-state index is 0.0156. The average molecular weight is 163 g/mol. The second-order valence-corrected chi connectivity index (χ2v) is 2.22. The van der Waals surface area contributed by atoms with Crippen molar-refractivity contribution in [1.29, 1.82) is 0 Å². The van der Waals surface area contributed by atoms with Gasteiger partial charge in [-0.15, -0.1) is 0 Å². The summed E-state index contributed by atoms with van der Waals surface area (Å²) in [7, 11) is 4.89. The van der Waals surface area contributed by atoms with Gasteiger partial charge in [0.15, 0.2) is 0 Å². The van der Waals surface area contributed by atoms with Crippen LogP contribution in [0.1, 0.15) is 0 Å². The monoisotopic (exact) mass is 163 g/mol. The van der Waals surface area contributed by atoms with Crippen LogP contribution < -0.4 is 0 Å². The molecular weight excluding hydrogens is 151 g/mol. The molecule has 0 fully saturated rings. The molecule has 0 aliphatic rings. The van der Waals surface area contributed by atoms with E-state index in [0.29, 0.717) is 13.1 Å². The molecule has 12 heavy (non-hydrogen) atoms. The molecule has 0 N–H and O–H groups in total. The summed E-state index contributed by atoms with van der Waals surface area (Å²) in [5.74, 6) is -0.114. The fourth-order valence-electron chi connectivity index (χ4n) is 0.768. The Bertz CT molecular complexity index is 181. The summed E-state index contributed by atoms with van der Waals surface area (Å²) in [6, 6.07) is 0. The molecule has 0 saturated heterocycles. The van der Waals surface area contributed by atoms with E-state index in [2.05, 4.69) is 18.1 Å². The Kier molecular flexibility index (Phi) is 5.88. The van der Waals surface area contributed by atoms with Gasteiger partial charge in [-0.25, -0.2) is 0 Å². The summed E-state index contributed by atoms with van der Waals surface area (Å²) in [5, 5.41) is 0. The van der Waals surface area contributed by atoms with Gasteiger partial charge in [-0.2, -0.15) is 0 Å². The van der Waals surface area contributed by atoms with Crippen molar-refractivity contribution in [3.8, 4) is 0 Å². The van der Waals surface area contributed by atoms with Gasteiger partial charge in [0.25, 0.3) is 0 Å². The normalized spacial score (nSPS) is 8.58. The summed E-state index contributed by atoms with van der Waals surface area (Å²) >= 11 is 0. The molecule has 0 aromatic heterocycles. The van der Waals surface area contributed by atoms with Crippen LogP contribution in [0.15, 0.2) is 30.2 Å². The number of nitrogens with zero attached hydrogens (tertiary/aromatic N) is 2. The third-order valence-corrected chi connectivity index (χ3v) is 1.28. The van der Waals surface area contributed by atoms with Crippen molar-refractivity contribution in [1.82, 2.24) is 4.90 Å². The van der Waals surface area contributed by atoms with Crippen LogP contribution in [0.4, 0.5) is 0 Å². The fraction of sp³-hybridized carbons (Fsp3) is 0.375. The van der Waals surface area contributed by atoms with Crippen LogP contribution in [0.25, 0.3) is 0 Å². The molecule has 0 bridgehead atoms. The molecule has 0 rings (SSSR count). The van der Waals surface area contributed by atoms with Gasteiger partial charge < -0.3 is 0 Å². The summed E-state index contributed by atoms with van der Waals surface area (Å²) in [6.07, 6.45) is 3.30. The molecule has 0 aromatic carbocycles. The van der Waals surface area contributed by atoms with E-state index in [4.69, 9.17) is 7.64 Å². The van der Waals surface area contributed by atoms with E-state index in [1.54, 1.807) is 17.1 Å². The first-order valence-electron chi connectivity index (χ1n) is 3.62. The van der Waals surface area contributed by atoms with Gasteiger partial charge in [-0.1, -0.05) is 0 Å². The molecule has 0 unspecified atom stereocenters. The Morgan fingerprint density at radius 1 is 1.42 bits per heavy atom. The Morgan fingerprint density at radius 2 is 1.92 bits per heavy atom. The summed E-state index contributed by atoms with van der Waals surface area (Å²) in [5.41, 5.74) is 0. The van der Waals surface area contributed by atoms with E-state index in [9.17, 15) is 4.79 Å². The molecule has 0 atom stereocenters. The van der Waals surface area contributed by atoms with Crippen molar-refractivity contribution in [2.24, 2.45) is 4.90 Å². The van der Waals surface area contributed by atoms with E-state index < -0.39 is 0 Å². The van der Waals surface area contributed by atoms with Crippen LogP contribution in [0.5, 0.6) is 0 Å². The summed E-state index contributed by atoms with van der Waals surface area (Å²) < 4.78 is 0. The SMILES string of the molecule is [B]=NCC(=O)N(CC=C)CC=C. The van der Waals surface area contributed by atoms with Gasteiger partial charge in [0.1, 0.15) is 0 Å². The predicted molar refractivity (Wildman–Crippen MR) is 50.0 cm³/mol. The Morgan fingerprint density at radius 3 is 2.25 bits per heavy atom. The van der Waals surface area contributed by atoms with Crippen molar-refractivity contribution in [3.05, 3.63) is 25.3 Å². The van der Waals surface area contributed by atoms with E-state index in [-0.39, 0.29) is 12.5 Å². The molecule has 63 valence electrons. The number of hydrogen-bond acceptors (Lipinski definition) is 2. The molecule has 0 spiro atoms. The summed E-state index contributed by atoms with van der Waals surface area (Å²) in [4.78, 5) is 16.0. The maximum atomic E-state index is 11.2. The Hall–Kier alpha value is -1.19. The molecule has 1 amide bonds. The van der Waals surface area contributed by atoms with Gasteiger partial charge in [0.2, 0.25) is 0 Å². The zero-order chi connectivity index (χ0) is 9.40. The molecule has 1 radical (unpaired) electrons. The van der Waals surface area contributed by atoms with E-state index in [1.807, 2.05) is 0 Å². The van der Waals surface area contributed by atoms with E-state index >= 15 is 0 Å². The predicted octanol–water partition coefficient (Wildman–Crippen LogP) is 0.539. The zero-order valence-corrected chi connectivity index (χ0v) is 7.07. The second kappa shape index (κ2) is 6.52. The first kappa shape index (κ1) is 10.8. The van der Waals surface area contributed by atoms with Crippen molar-refractivity contribution in [3.63, 3.8) is 0 Å². The van der Waals surface area contributed by atoms with Crippen molar-refractivity contribution < 1.29 is 4.79 Å². The van der Waals surface area contributed by atoms with E-state index in [1.165, 1.54) is 0 Å². The molecule has 0 aromatic rings. The first-order chi connectivity index (χ1) is 5.76. The van der Waals surface area contributed by atoms with Crippen molar-refractivity contribution in [2.75, 3.05) is 19.6 Å². The van der Waals surface area contributed by atoms with Gasteiger partial charge in [-0.05, 0) is 0 Å². The van der Waals surface area contributed by atoms with Gasteiger partial charge in [0, 0.05) is 0 Å². The molecule has 0 saturated carbocycles. The molecule has 0 aliphatic heterocycles. The van der Waals surface area contributed by atoms with E-state index in [0.717, 1.165) is 0 Å². The van der Waals surface area contributed by atoms with Gasteiger partial charge in [-0.3, -0.25) is 0 Å². The maximum absolute atomic E-state index is 11.2. The Balaban J connectivity index is 4.06. The summed E-state index contributed by atoms with van der Waals surface area (Å²) in [6.45, 7) is 8.09. The zero-order valence-electron chi connectivity index (χ0n) is 7.07. The molecular formula is C8H12BN2O. The quantitative estimate of drug-likeness (QED) is 0.415. The van der Waals surface area contributed by atoms with Crippen LogP contribution in [0.2, 0.25) is 0 Å². The number of carbonyl (C=O) groups is 1. The van der Waals surface area contributed by atoms with Gasteiger partial charge >= 0.3 is 73.1 Å². The van der Waals surface area contributed by atoms with Crippen molar-refractivity contribution >= 4 is 13.5 Å². The van der Waals surface area contributed by atoms with Gasteiger partial charge in [0.05, 0.1) is 0 Å². The topological polar surface area (TPSA) is 32.7 Å². The van der Waals surface area contributed by atoms with Crippen LogP contribution in [-0.2, 0) is 4.79 Å². The number of rotatable bonds is 6. The van der Waals surface area contributed by atoms with Crippen LogP contribution >= 0.6 is 0 Å². The van der Waals surface area contributed by atoms with Crippen LogP contribution in [0.3, 0.4) is 0 Å². The Labute approximate surface area is 73.9 Å². The third-order valence-electron chi connectivity index (χ3n) is 1.28. The van der Waals surface area contributed by atoms with Crippen LogP contribution in [0, 0.1) is 0 Å². The number of carbonyl (C=O) groups excluding carboxylic acids is 1. The molecule has 0 heterocycles. The molecule has 4 heteroatoms. The molecule has 3 nitrogen and oxygen atoms in total.